The summed E-state index contributed by atoms with van der Waals surface area (Å²) in [5, 5.41) is 22.1. The highest BCUT2D eigenvalue weighted by Gasteiger charge is 2.52. The van der Waals surface area contributed by atoms with Crippen LogP contribution >= 0.6 is 23.2 Å². The van der Waals surface area contributed by atoms with Gasteiger partial charge in [-0.15, -0.1) is 10.1 Å². The molecule has 4 saturated heterocycles. The summed E-state index contributed by atoms with van der Waals surface area (Å²) >= 11 is 12.2. The molecule has 20 heteroatoms. The maximum atomic E-state index is 14.0. The van der Waals surface area contributed by atoms with Crippen LogP contribution < -0.4 is 4.74 Å². The monoisotopic (exact) mass is 767 g/mol. The molecule has 0 aromatic heterocycles. The van der Waals surface area contributed by atoms with E-state index in [1.807, 2.05) is 11.0 Å². The number of morpholine rings is 1. The van der Waals surface area contributed by atoms with Crippen molar-refractivity contribution in [1.82, 2.24) is 19.3 Å². The highest BCUT2D eigenvalue weighted by atomic mass is 35.5. The molecule has 6 rings (SSSR count). The van der Waals surface area contributed by atoms with E-state index >= 15 is 0 Å². The van der Waals surface area contributed by atoms with Crippen LogP contribution in [0.25, 0.3) is 0 Å². The van der Waals surface area contributed by atoms with Crippen LogP contribution in [-0.4, -0.2) is 121 Å². The minimum absolute atomic E-state index is 0.0495. The summed E-state index contributed by atoms with van der Waals surface area (Å²) in [6, 6.07) is 8.01. The molecule has 2 unspecified atom stereocenters. The number of halogens is 2. The van der Waals surface area contributed by atoms with Gasteiger partial charge in [-0.05, 0) is 49.2 Å². The summed E-state index contributed by atoms with van der Waals surface area (Å²) in [6.07, 6.45) is -3.60. The number of fused-ring (bicyclic) bond motifs is 3. The van der Waals surface area contributed by atoms with E-state index in [-0.39, 0.29) is 64.5 Å². The number of cyclic esters (lactones) is 1. The predicted octanol–water partition coefficient (Wildman–Crippen LogP) is 2.19. The maximum Gasteiger partial charge on any atom is 0.390 e. The van der Waals surface area contributed by atoms with Gasteiger partial charge in [-0.2, -0.15) is 9.57 Å². The van der Waals surface area contributed by atoms with Gasteiger partial charge in [0, 0.05) is 36.2 Å². The Bertz CT molecular complexity index is 1860. The van der Waals surface area contributed by atoms with Crippen molar-refractivity contribution in [3.8, 4) is 17.6 Å². The molecule has 272 valence electrons. The largest absolute Gasteiger partial charge is 0.456 e. The molecule has 0 radical (unpaired) electrons. The van der Waals surface area contributed by atoms with Crippen molar-refractivity contribution in [2.24, 2.45) is 0 Å². The highest BCUT2D eigenvalue weighted by molar-refractivity contribution is 7.89. The first-order valence-corrected chi connectivity index (χ1v) is 17.9. The second kappa shape index (κ2) is 14.8. The Morgan fingerprint density at radius 3 is 2.25 bits per heavy atom. The predicted molar refractivity (Wildman–Crippen MR) is 172 cm³/mol. The molecule has 17 nitrogen and oxygen atoms in total. The summed E-state index contributed by atoms with van der Waals surface area (Å²) in [5.74, 6) is -3.63. The normalized spacial score (nSPS) is 24.3. The molecular weight excluding hydrogens is 737 g/mol. The smallest absolute Gasteiger partial charge is 0.390 e. The van der Waals surface area contributed by atoms with Crippen LogP contribution in [0.5, 0.6) is 11.5 Å². The van der Waals surface area contributed by atoms with Crippen LogP contribution in [0.3, 0.4) is 0 Å². The lowest BCUT2D eigenvalue weighted by molar-refractivity contribution is -0.253. The minimum Gasteiger partial charge on any atom is -0.456 e. The minimum atomic E-state index is -4.33. The number of nitrogens with zero attached hydrogens (tertiary/aromatic N) is 5. The van der Waals surface area contributed by atoms with Crippen LogP contribution in [-0.2, 0) is 43.6 Å². The Morgan fingerprint density at radius 1 is 0.922 bits per heavy atom. The second-order valence-corrected chi connectivity index (χ2v) is 14.9. The van der Waals surface area contributed by atoms with Gasteiger partial charge in [0.25, 0.3) is 0 Å². The molecule has 2 atom stereocenters. The van der Waals surface area contributed by atoms with Gasteiger partial charge in [-0.1, -0.05) is 23.2 Å². The van der Waals surface area contributed by atoms with E-state index in [0.717, 1.165) is 4.31 Å². The van der Waals surface area contributed by atoms with Gasteiger partial charge in [0.15, 0.2) is 5.60 Å². The van der Waals surface area contributed by atoms with Gasteiger partial charge in [0.2, 0.25) is 16.3 Å². The Kier molecular flexibility index (Phi) is 10.6. The molecule has 51 heavy (non-hydrogen) atoms. The molecule has 0 spiro atoms. The number of hydroxylamine groups is 4. The topological polar surface area (TPSA) is 206 Å². The molecule has 4 heterocycles. The van der Waals surface area contributed by atoms with E-state index in [1.165, 1.54) is 36.4 Å². The Morgan fingerprint density at radius 2 is 1.59 bits per heavy atom. The van der Waals surface area contributed by atoms with Crippen molar-refractivity contribution < 1.29 is 56.6 Å². The molecule has 0 saturated carbocycles. The van der Waals surface area contributed by atoms with Crippen LogP contribution in [0.15, 0.2) is 41.3 Å². The molecule has 4 aliphatic rings. The Hall–Kier alpha value is -4.22. The summed E-state index contributed by atoms with van der Waals surface area (Å²) in [5.41, 5.74) is -2.63. The molecular formula is C31H31Cl2N5O12S. The third-order valence-electron chi connectivity index (χ3n) is 8.57. The first-order chi connectivity index (χ1) is 24.3. The molecule has 1 N–H and O–H groups in total. The lowest BCUT2D eigenvalue weighted by Gasteiger charge is -2.40. The number of ether oxygens (including phenoxy) is 3. The van der Waals surface area contributed by atoms with Gasteiger partial charge >= 0.3 is 23.9 Å². The molecule has 2 aromatic carbocycles. The number of piperidine rings is 1. The molecule has 2 bridgehead atoms. The van der Waals surface area contributed by atoms with E-state index in [4.69, 9.17) is 47.1 Å². The van der Waals surface area contributed by atoms with E-state index < -0.39 is 64.7 Å². The van der Waals surface area contributed by atoms with Crippen LogP contribution in [0.2, 0.25) is 10.0 Å². The number of hydrogen-bond acceptors (Lipinski definition) is 14. The van der Waals surface area contributed by atoms with Crippen LogP contribution in [0.4, 0.5) is 4.79 Å². The lowest BCUT2D eigenvalue weighted by Crippen LogP contribution is -2.60. The molecule has 2 aromatic rings. The number of benzene rings is 2. The fourth-order valence-corrected chi connectivity index (χ4v) is 8.10. The Balaban J connectivity index is 1.25. The second-order valence-electron chi connectivity index (χ2n) is 12.1. The number of carbonyl (C=O) groups excluding carboxylic acids is 4. The summed E-state index contributed by atoms with van der Waals surface area (Å²) in [6.45, 7) is 1.07. The van der Waals surface area contributed by atoms with Gasteiger partial charge in [-0.25, -0.2) is 22.8 Å². The lowest BCUT2D eigenvalue weighted by atomic mass is 9.95. The van der Waals surface area contributed by atoms with Crippen LogP contribution in [0, 0.1) is 11.3 Å². The maximum absolute atomic E-state index is 14.0. The summed E-state index contributed by atoms with van der Waals surface area (Å²) in [7, 11) is -4.33. The molecule has 4 aliphatic heterocycles. The zero-order chi connectivity index (χ0) is 36.5. The Labute approximate surface area is 301 Å². The SMILES string of the molecule is N#Cc1ccc(Oc2cc(Cl)cc(Cl)c2)c(S(=O)(=O)N2CCC(N3OC(=O)CC4(O)CC(=O)OC(CN5CCOCC5)N(OC4=O)C3=O)CC2)c1. The number of aliphatic hydroxyl groups is 1. The fraction of sp³-hybridized carbons (Fsp3) is 0.452. The summed E-state index contributed by atoms with van der Waals surface area (Å²) < 4.78 is 45.9. The third kappa shape index (κ3) is 7.99. The zero-order valence-electron chi connectivity index (χ0n) is 26.7. The summed E-state index contributed by atoms with van der Waals surface area (Å²) in [4.78, 5) is 65.2. The third-order valence-corrected chi connectivity index (χ3v) is 10.9. The zero-order valence-corrected chi connectivity index (χ0v) is 29.1. The standard InChI is InChI=1S/C31H31Cl2N5O12S/c32-20-12-21(33)14-23(13-20)47-24-2-1-19(17-34)11-25(24)51(44,45)36-5-3-22(4-6-36)37-30(42)38-26(18-35-7-9-46-10-8-35)48-27(39)15-31(43,29(41)50-38)16-28(40)49-37/h1-2,11-14,22,26,43H,3-10,15-16,18H2. The van der Waals surface area contributed by atoms with Crippen molar-refractivity contribution in [2.45, 2.75) is 48.4 Å². The fourth-order valence-electron chi connectivity index (χ4n) is 5.98. The number of nitriles is 1. The molecule has 4 fully saturated rings. The number of hydrogen-bond donors (Lipinski definition) is 1. The number of rotatable bonds is 7. The van der Waals surface area contributed by atoms with Gasteiger partial charge in [0.1, 0.15) is 16.4 Å². The van der Waals surface area contributed by atoms with Crippen molar-refractivity contribution in [1.29, 1.82) is 5.26 Å². The number of urea groups is 1. The number of amides is 2. The van der Waals surface area contributed by atoms with Gasteiger partial charge in [-0.3, -0.25) is 9.69 Å². The highest BCUT2D eigenvalue weighted by Crippen LogP contribution is 2.36. The van der Waals surface area contributed by atoms with Crippen molar-refractivity contribution in [2.75, 3.05) is 45.9 Å². The van der Waals surface area contributed by atoms with Crippen molar-refractivity contribution in [3.05, 3.63) is 52.0 Å². The molecule has 0 aliphatic carbocycles. The van der Waals surface area contributed by atoms with E-state index in [1.54, 1.807) is 0 Å². The van der Waals surface area contributed by atoms with Gasteiger partial charge < -0.3 is 29.0 Å². The van der Waals surface area contributed by atoms with Gasteiger partial charge in [0.05, 0.1) is 50.3 Å². The van der Waals surface area contributed by atoms with E-state index in [2.05, 4.69) is 0 Å². The number of esters is 1. The van der Waals surface area contributed by atoms with Crippen LogP contribution in [0.1, 0.15) is 31.2 Å². The van der Waals surface area contributed by atoms with Crippen molar-refractivity contribution >= 4 is 57.2 Å². The van der Waals surface area contributed by atoms with Crippen molar-refractivity contribution in [3.63, 3.8) is 0 Å². The van der Waals surface area contributed by atoms with E-state index in [0.29, 0.717) is 36.4 Å². The average molecular weight is 769 g/mol. The number of carbonyl (C=O) groups is 4. The molecule has 2 amide bonds. The van der Waals surface area contributed by atoms with E-state index in [9.17, 15) is 38.0 Å². The quantitative estimate of drug-likeness (QED) is 0.401. The first kappa shape index (κ1) is 36.6. The first-order valence-electron chi connectivity index (χ1n) is 15.7. The average Bonchev–Trinajstić information content (AvgIpc) is 3.10. The number of sulfonamides is 1.